The van der Waals surface area contributed by atoms with E-state index >= 15 is 0 Å². The SMILES string of the molecule is COC(=O)c1c(C)[nH]c(C(=O)[C@H](C)OC(=O)[C@@H]2Cc3ccc(C)cc3S2)c1C. The Bertz CT molecular complexity index is 962. The lowest BCUT2D eigenvalue weighted by atomic mass is 10.1. The molecule has 2 aromatic rings. The summed E-state index contributed by atoms with van der Waals surface area (Å²) in [7, 11) is 1.29. The largest absolute Gasteiger partial charge is 0.465 e. The van der Waals surface area contributed by atoms with Crippen molar-refractivity contribution in [2.75, 3.05) is 7.11 Å². The molecule has 2 heterocycles. The first-order valence-corrected chi connectivity index (χ1v) is 9.89. The first-order chi connectivity index (χ1) is 13.2. The van der Waals surface area contributed by atoms with Gasteiger partial charge in [-0.2, -0.15) is 0 Å². The average molecular weight is 401 g/mol. The van der Waals surface area contributed by atoms with Gasteiger partial charge < -0.3 is 14.5 Å². The molecule has 1 aliphatic heterocycles. The van der Waals surface area contributed by atoms with Gasteiger partial charge in [0.1, 0.15) is 5.25 Å². The quantitative estimate of drug-likeness (QED) is 0.609. The number of aromatic nitrogens is 1. The molecule has 0 saturated heterocycles. The standard InChI is InChI=1S/C21H23NO5S/c1-10-6-7-14-9-16(28-15(14)8-10)20(24)27-13(4)19(23)18-11(2)17(12(3)22-18)21(25)26-5/h6-8,13,16,22H,9H2,1-5H3/t13-,16-/m0/s1. The second-order valence-electron chi connectivity index (χ2n) is 6.98. The lowest BCUT2D eigenvalue weighted by Gasteiger charge is -2.15. The summed E-state index contributed by atoms with van der Waals surface area (Å²) in [5, 5.41) is -0.357. The van der Waals surface area contributed by atoms with Crippen LogP contribution in [0.3, 0.4) is 0 Å². The number of ether oxygens (including phenoxy) is 2. The van der Waals surface area contributed by atoms with Crippen molar-refractivity contribution in [2.45, 2.75) is 50.4 Å². The minimum atomic E-state index is -0.958. The van der Waals surface area contributed by atoms with E-state index < -0.39 is 18.0 Å². The van der Waals surface area contributed by atoms with Gasteiger partial charge in [0.2, 0.25) is 5.78 Å². The molecule has 0 unspecified atom stereocenters. The van der Waals surface area contributed by atoms with Crippen LogP contribution < -0.4 is 0 Å². The number of aromatic amines is 1. The molecular formula is C21H23NO5S. The second-order valence-corrected chi connectivity index (χ2v) is 8.23. The predicted octanol–water partition coefficient (Wildman–Crippen LogP) is 3.56. The van der Waals surface area contributed by atoms with Crippen LogP contribution in [0.1, 0.15) is 50.2 Å². The number of esters is 2. The Kier molecular flexibility index (Phi) is 5.65. The van der Waals surface area contributed by atoms with Gasteiger partial charge in [-0.3, -0.25) is 9.59 Å². The normalized spacial score (nSPS) is 16.4. The zero-order valence-electron chi connectivity index (χ0n) is 16.5. The van der Waals surface area contributed by atoms with Gasteiger partial charge in [0, 0.05) is 10.6 Å². The zero-order valence-corrected chi connectivity index (χ0v) is 17.4. The number of nitrogens with one attached hydrogen (secondary N) is 1. The number of hydrogen-bond donors (Lipinski definition) is 1. The Hall–Kier alpha value is -2.54. The third-order valence-corrected chi connectivity index (χ3v) is 6.17. The number of ketones is 1. The van der Waals surface area contributed by atoms with Gasteiger partial charge in [-0.1, -0.05) is 17.7 Å². The molecule has 1 aliphatic rings. The molecule has 0 spiro atoms. The molecule has 1 aromatic carbocycles. The molecule has 7 heteroatoms. The number of rotatable bonds is 5. The highest BCUT2D eigenvalue weighted by molar-refractivity contribution is 8.01. The van der Waals surface area contributed by atoms with E-state index in [1.54, 1.807) is 20.8 Å². The molecule has 0 radical (unpaired) electrons. The van der Waals surface area contributed by atoms with Crippen LogP contribution in [0.25, 0.3) is 0 Å². The number of fused-ring (bicyclic) bond motifs is 1. The van der Waals surface area contributed by atoms with Crippen molar-refractivity contribution >= 4 is 29.5 Å². The van der Waals surface area contributed by atoms with Crippen LogP contribution in [0.5, 0.6) is 0 Å². The molecule has 0 fully saturated rings. The van der Waals surface area contributed by atoms with E-state index in [0.717, 1.165) is 16.0 Å². The number of carbonyl (C=O) groups is 3. The highest BCUT2D eigenvalue weighted by Crippen LogP contribution is 2.38. The maximum Gasteiger partial charge on any atom is 0.339 e. The summed E-state index contributed by atoms with van der Waals surface area (Å²) in [5.74, 6) is -1.29. The van der Waals surface area contributed by atoms with Crippen molar-refractivity contribution in [3.05, 3.63) is 51.8 Å². The van der Waals surface area contributed by atoms with Crippen molar-refractivity contribution in [3.63, 3.8) is 0 Å². The number of thioether (sulfide) groups is 1. The molecule has 0 bridgehead atoms. The summed E-state index contributed by atoms with van der Waals surface area (Å²) in [6, 6.07) is 6.11. The Labute approximate surface area is 168 Å². The highest BCUT2D eigenvalue weighted by Gasteiger charge is 2.33. The number of Topliss-reactive ketones (excluding diaryl/α,β-unsaturated/α-hetero) is 1. The lowest BCUT2D eigenvalue weighted by Crippen LogP contribution is -2.30. The van der Waals surface area contributed by atoms with E-state index in [1.165, 1.54) is 18.9 Å². The van der Waals surface area contributed by atoms with Crippen LogP contribution >= 0.6 is 11.8 Å². The van der Waals surface area contributed by atoms with Crippen molar-refractivity contribution in [3.8, 4) is 0 Å². The van der Waals surface area contributed by atoms with Crippen molar-refractivity contribution in [1.82, 2.24) is 4.98 Å². The maximum absolute atomic E-state index is 12.8. The minimum Gasteiger partial charge on any atom is -0.465 e. The summed E-state index contributed by atoms with van der Waals surface area (Å²) < 4.78 is 10.2. The molecule has 0 aliphatic carbocycles. The van der Waals surface area contributed by atoms with Crippen LogP contribution in [-0.2, 0) is 20.7 Å². The Morgan fingerprint density at radius 3 is 2.61 bits per heavy atom. The van der Waals surface area contributed by atoms with Gasteiger partial charge >= 0.3 is 11.9 Å². The molecule has 28 heavy (non-hydrogen) atoms. The number of benzene rings is 1. The van der Waals surface area contributed by atoms with Crippen molar-refractivity contribution in [2.24, 2.45) is 0 Å². The monoisotopic (exact) mass is 401 g/mol. The number of methoxy groups -OCH3 is 1. The number of H-pyrrole nitrogens is 1. The summed E-state index contributed by atoms with van der Waals surface area (Å²) >= 11 is 1.47. The van der Waals surface area contributed by atoms with Gasteiger partial charge in [0.25, 0.3) is 0 Å². The van der Waals surface area contributed by atoms with Gasteiger partial charge in [-0.15, -0.1) is 11.8 Å². The maximum atomic E-state index is 12.8. The fourth-order valence-electron chi connectivity index (χ4n) is 3.38. The number of carbonyl (C=O) groups excluding carboxylic acids is 3. The predicted molar refractivity (Wildman–Crippen MR) is 106 cm³/mol. The minimum absolute atomic E-state index is 0.260. The molecule has 1 N–H and O–H groups in total. The highest BCUT2D eigenvalue weighted by atomic mass is 32.2. The Morgan fingerprint density at radius 1 is 1.21 bits per heavy atom. The molecular weight excluding hydrogens is 378 g/mol. The Morgan fingerprint density at radius 2 is 1.93 bits per heavy atom. The second kappa shape index (κ2) is 7.83. The van der Waals surface area contributed by atoms with E-state index in [2.05, 4.69) is 11.1 Å². The fourth-order valence-corrected chi connectivity index (χ4v) is 4.66. The van der Waals surface area contributed by atoms with E-state index in [1.807, 2.05) is 19.1 Å². The van der Waals surface area contributed by atoms with Gasteiger partial charge in [-0.05, 0) is 51.3 Å². The molecule has 1 aromatic heterocycles. The van der Waals surface area contributed by atoms with Gasteiger partial charge in [0.05, 0.1) is 18.4 Å². The summed E-state index contributed by atoms with van der Waals surface area (Å²) in [6.45, 7) is 6.92. The van der Waals surface area contributed by atoms with Crippen LogP contribution in [-0.4, -0.2) is 41.2 Å². The third-order valence-electron chi connectivity index (χ3n) is 4.90. The van der Waals surface area contributed by atoms with Gasteiger partial charge in [-0.25, -0.2) is 4.79 Å². The molecule has 148 valence electrons. The van der Waals surface area contributed by atoms with E-state index in [0.29, 0.717) is 23.2 Å². The molecule has 6 nitrogen and oxygen atoms in total. The van der Waals surface area contributed by atoms with E-state index in [9.17, 15) is 14.4 Å². The molecule has 0 saturated carbocycles. The number of hydrogen-bond acceptors (Lipinski definition) is 6. The number of aryl methyl sites for hydroxylation is 2. The summed E-state index contributed by atoms with van der Waals surface area (Å²) in [6.07, 6.45) is -0.367. The molecule has 2 atom stereocenters. The average Bonchev–Trinajstić information content (AvgIpc) is 3.20. The summed E-state index contributed by atoms with van der Waals surface area (Å²) in [4.78, 5) is 41.3. The lowest BCUT2D eigenvalue weighted by molar-refractivity contribution is -0.145. The molecule has 0 amide bonds. The van der Waals surface area contributed by atoms with Crippen LogP contribution in [0.15, 0.2) is 23.1 Å². The zero-order chi connectivity index (χ0) is 20.6. The third kappa shape index (κ3) is 3.71. The van der Waals surface area contributed by atoms with E-state index in [4.69, 9.17) is 9.47 Å². The smallest absolute Gasteiger partial charge is 0.339 e. The van der Waals surface area contributed by atoms with E-state index in [-0.39, 0.29) is 16.7 Å². The Balaban J connectivity index is 1.70. The first kappa shape index (κ1) is 20.2. The topological polar surface area (TPSA) is 85.5 Å². The van der Waals surface area contributed by atoms with Crippen LogP contribution in [0, 0.1) is 20.8 Å². The van der Waals surface area contributed by atoms with Crippen LogP contribution in [0.2, 0.25) is 0 Å². The van der Waals surface area contributed by atoms with Crippen molar-refractivity contribution < 1.29 is 23.9 Å². The van der Waals surface area contributed by atoms with Crippen molar-refractivity contribution in [1.29, 1.82) is 0 Å². The molecule has 3 rings (SSSR count). The summed E-state index contributed by atoms with van der Waals surface area (Å²) in [5.41, 5.74) is 3.90. The van der Waals surface area contributed by atoms with Gasteiger partial charge in [0.15, 0.2) is 6.10 Å². The first-order valence-electron chi connectivity index (χ1n) is 9.01. The van der Waals surface area contributed by atoms with Crippen LogP contribution in [0.4, 0.5) is 0 Å². The fraction of sp³-hybridized carbons (Fsp3) is 0.381.